The van der Waals surface area contributed by atoms with Crippen LogP contribution >= 0.6 is 0 Å². The number of hydrogen-bond donors (Lipinski definition) is 1. The van der Waals surface area contributed by atoms with E-state index >= 15 is 0 Å². The summed E-state index contributed by atoms with van der Waals surface area (Å²) in [6, 6.07) is 0.406. The molecule has 1 aliphatic heterocycles. The van der Waals surface area contributed by atoms with Gasteiger partial charge in [0.15, 0.2) is 0 Å². The number of methoxy groups -OCH3 is 1. The highest BCUT2D eigenvalue weighted by molar-refractivity contribution is 4.99. The number of likely N-dealkylation sites (tertiary alicyclic amines) is 1. The van der Waals surface area contributed by atoms with Crippen LogP contribution in [-0.2, 0) is 4.74 Å². The van der Waals surface area contributed by atoms with E-state index in [1.54, 1.807) is 7.11 Å². The van der Waals surface area contributed by atoms with Gasteiger partial charge < -0.3 is 9.84 Å². The van der Waals surface area contributed by atoms with Crippen LogP contribution in [0, 0.1) is 0 Å². The second kappa shape index (κ2) is 3.23. The number of nitrogens with zero attached hydrogens (tertiary/aromatic N) is 1. The molecule has 76 valence electrons. The van der Waals surface area contributed by atoms with Gasteiger partial charge in [-0.2, -0.15) is 0 Å². The second-order valence-corrected chi connectivity index (χ2v) is 4.62. The lowest BCUT2D eigenvalue weighted by Gasteiger charge is -2.50. The molecule has 2 atom stereocenters. The monoisotopic (exact) mass is 185 g/mol. The molecule has 2 fully saturated rings. The summed E-state index contributed by atoms with van der Waals surface area (Å²) in [7, 11) is 1.77. The predicted molar refractivity (Wildman–Crippen MR) is 50.6 cm³/mol. The Morgan fingerprint density at radius 3 is 2.54 bits per heavy atom. The first-order valence-electron chi connectivity index (χ1n) is 5.12. The molecule has 0 bridgehead atoms. The van der Waals surface area contributed by atoms with Crippen molar-refractivity contribution in [3.8, 4) is 0 Å². The maximum absolute atomic E-state index is 9.68. The van der Waals surface area contributed by atoms with E-state index in [2.05, 4.69) is 11.8 Å². The summed E-state index contributed by atoms with van der Waals surface area (Å²) in [4.78, 5) is 2.35. The van der Waals surface area contributed by atoms with Crippen LogP contribution in [-0.4, -0.2) is 48.0 Å². The van der Waals surface area contributed by atoms with Crippen LogP contribution in [0.5, 0.6) is 0 Å². The Labute approximate surface area is 79.7 Å². The van der Waals surface area contributed by atoms with Gasteiger partial charge in [0.2, 0.25) is 0 Å². The smallest absolute Gasteiger partial charge is 0.0903 e. The molecule has 1 saturated carbocycles. The quantitative estimate of drug-likeness (QED) is 0.684. The molecule has 1 N–H and O–H groups in total. The fourth-order valence-corrected chi connectivity index (χ4v) is 2.52. The summed E-state index contributed by atoms with van der Waals surface area (Å²) in [5.41, 5.74) is 0.0440. The fourth-order valence-electron chi connectivity index (χ4n) is 2.52. The van der Waals surface area contributed by atoms with Gasteiger partial charge in [0.25, 0.3) is 0 Å². The van der Waals surface area contributed by atoms with E-state index in [0.717, 1.165) is 25.9 Å². The number of aliphatic hydroxyl groups excluding tert-OH is 1. The van der Waals surface area contributed by atoms with Crippen molar-refractivity contribution in [1.29, 1.82) is 0 Å². The number of aliphatic hydroxyl groups is 1. The van der Waals surface area contributed by atoms with Gasteiger partial charge in [0.05, 0.1) is 11.7 Å². The Balaban J connectivity index is 1.85. The average molecular weight is 185 g/mol. The largest absolute Gasteiger partial charge is 0.391 e. The number of ether oxygens (including phenoxy) is 1. The molecule has 13 heavy (non-hydrogen) atoms. The molecule has 0 aromatic rings. The summed E-state index contributed by atoms with van der Waals surface area (Å²) < 4.78 is 5.38. The normalized spacial score (nSPS) is 39.0. The maximum atomic E-state index is 9.68. The molecule has 0 aromatic heterocycles. The molecule has 0 amide bonds. The van der Waals surface area contributed by atoms with E-state index in [0.29, 0.717) is 6.04 Å². The van der Waals surface area contributed by atoms with Crippen LogP contribution in [0.2, 0.25) is 0 Å². The van der Waals surface area contributed by atoms with Gasteiger partial charge in [0.1, 0.15) is 0 Å². The van der Waals surface area contributed by atoms with E-state index in [1.165, 1.54) is 6.42 Å². The molecule has 0 aromatic carbocycles. The summed E-state index contributed by atoms with van der Waals surface area (Å²) in [6.07, 6.45) is 3.21. The SMILES string of the molecule is COC1(C)CN([C@H]2CCC[C@@H]2O)C1. The topological polar surface area (TPSA) is 32.7 Å². The molecule has 2 rings (SSSR count). The molecule has 1 aliphatic carbocycles. The average Bonchev–Trinajstić information content (AvgIpc) is 2.46. The van der Waals surface area contributed by atoms with E-state index in [-0.39, 0.29) is 11.7 Å². The van der Waals surface area contributed by atoms with Crippen molar-refractivity contribution in [2.75, 3.05) is 20.2 Å². The zero-order valence-corrected chi connectivity index (χ0v) is 8.49. The van der Waals surface area contributed by atoms with Gasteiger partial charge in [-0.25, -0.2) is 0 Å². The molecule has 2 aliphatic rings. The van der Waals surface area contributed by atoms with Crippen LogP contribution < -0.4 is 0 Å². The van der Waals surface area contributed by atoms with Crippen molar-refractivity contribution >= 4 is 0 Å². The van der Waals surface area contributed by atoms with Gasteiger partial charge in [-0.3, -0.25) is 4.90 Å². The number of hydrogen-bond acceptors (Lipinski definition) is 3. The minimum Gasteiger partial charge on any atom is -0.391 e. The predicted octanol–water partition coefficient (Wildman–Crippen LogP) is 0.620. The maximum Gasteiger partial charge on any atom is 0.0903 e. The van der Waals surface area contributed by atoms with Crippen LogP contribution in [0.1, 0.15) is 26.2 Å². The van der Waals surface area contributed by atoms with E-state index < -0.39 is 0 Å². The third kappa shape index (κ3) is 1.60. The molecular weight excluding hydrogens is 166 g/mol. The molecule has 1 saturated heterocycles. The van der Waals surface area contributed by atoms with Crippen LogP contribution in [0.3, 0.4) is 0 Å². The third-order valence-corrected chi connectivity index (χ3v) is 3.48. The number of rotatable bonds is 2. The van der Waals surface area contributed by atoms with Crippen LogP contribution in [0.25, 0.3) is 0 Å². The highest BCUT2D eigenvalue weighted by Crippen LogP contribution is 2.32. The Bertz CT molecular complexity index is 189. The van der Waals surface area contributed by atoms with Crippen LogP contribution in [0.4, 0.5) is 0 Å². The van der Waals surface area contributed by atoms with Gasteiger partial charge in [0, 0.05) is 26.2 Å². The Kier molecular flexibility index (Phi) is 2.34. The van der Waals surface area contributed by atoms with Crippen molar-refractivity contribution in [2.24, 2.45) is 0 Å². The summed E-state index contributed by atoms with van der Waals surface area (Å²) in [5, 5.41) is 9.68. The van der Waals surface area contributed by atoms with Crippen molar-refractivity contribution in [2.45, 2.75) is 43.9 Å². The minimum absolute atomic E-state index is 0.0440. The zero-order chi connectivity index (χ0) is 9.47. The standard InChI is InChI=1S/C10H19NO2/c1-10(13-2)6-11(7-10)8-4-3-5-9(8)12/h8-9,12H,3-7H2,1-2H3/t8-,9-/m0/s1. The molecule has 3 heteroatoms. The lowest BCUT2D eigenvalue weighted by atomic mass is 9.93. The first-order valence-corrected chi connectivity index (χ1v) is 5.12. The van der Waals surface area contributed by atoms with E-state index in [4.69, 9.17) is 4.74 Å². The van der Waals surface area contributed by atoms with Crippen LogP contribution in [0.15, 0.2) is 0 Å². The zero-order valence-electron chi connectivity index (χ0n) is 8.49. The highest BCUT2D eigenvalue weighted by atomic mass is 16.5. The first kappa shape index (κ1) is 9.44. The summed E-state index contributed by atoms with van der Waals surface area (Å²) >= 11 is 0. The lowest BCUT2D eigenvalue weighted by molar-refractivity contribution is -0.136. The molecule has 1 heterocycles. The van der Waals surface area contributed by atoms with Crippen molar-refractivity contribution in [3.05, 3.63) is 0 Å². The Morgan fingerprint density at radius 2 is 2.08 bits per heavy atom. The minimum atomic E-state index is -0.0959. The van der Waals surface area contributed by atoms with Gasteiger partial charge >= 0.3 is 0 Å². The molecule has 3 nitrogen and oxygen atoms in total. The Hall–Kier alpha value is -0.120. The Morgan fingerprint density at radius 1 is 1.38 bits per heavy atom. The van der Waals surface area contributed by atoms with Crippen molar-refractivity contribution in [1.82, 2.24) is 4.90 Å². The van der Waals surface area contributed by atoms with Gasteiger partial charge in [-0.1, -0.05) is 0 Å². The fraction of sp³-hybridized carbons (Fsp3) is 1.00. The second-order valence-electron chi connectivity index (χ2n) is 4.62. The third-order valence-electron chi connectivity index (χ3n) is 3.48. The molecule has 0 unspecified atom stereocenters. The van der Waals surface area contributed by atoms with Gasteiger partial charge in [-0.05, 0) is 26.2 Å². The van der Waals surface area contributed by atoms with E-state index in [1.807, 2.05) is 0 Å². The van der Waals surface area contributed by atoms with Crippen molar-refractivity contribution in [3.63, 3.8) is 0 Å². The molecule has 0 radical (unpaired) electrons. The summed E-state index contributed by atoms with van der Waals surface area (Å²) in [6.45, 7) is 4.08. The van der Waals surface area contributed by atoms with Crippen molar-refractivity contribution < 1.29 is 9.84 Å². The lowest BCUT2D eigenvalue weighted by Crippen LogP contribution is -2.65. The highest BCUT2D eigenvalue weighted by Gasteiger charge is 2.44. The molecule has 0 spiro atoms. The van der Waals surface area contributed by atoms with Gasteiger partial charge in [-0.15, -0.1) is 0 Å². The summed E-state index contributed by atoms with van der Waals surface area (Å²) in [5.74, 6) is 0. The molecular formula is C10H19NO2. The first-order chi connectivity index (χ1) is 6.14. The van der Waals surface area contributed by atoms with E-state index in [9.17, 15) is 5.11 Å².